The van der Waals surface area contributed by atoms with Gasteiger partial charge in [0.2, 0.25) is 5.82 Å². The van der Waals surface area contributed by atoms with E-state index in [9.17, 15) is 26.7 Å². The monoisotopic (exact) mass is 351 g/mol. The van der Waals surface area contributed by atoms with E-state index in [1.54, 1.807) is 5.32 Å². The highest BCUT2D eigenvalue weighted by Crippen LogP contribution is 2.29. The molecule has 0 saturated carbocycles. The van der Waals surface area contributed by atoms with Crippen LogP contribution in [-0.2, 0) is 0 Å². The van der Waals surface area contributed by atoms with E-state index in [1.807, 2.05) is 0 Å². The zero-order chi connectivity index (χ0) is 17.3. The lowest BCUT2D eigenvalue weighted by Gasteiger charge is -2.12. The Morgan fingerprint density at radius 2 is 1.52 bits per heavy atom. The first-order valence-corrected chi connectivity index (χ1v) is 6.32. The van der Waals surface area contributed by atoms with Gasteiger partial charge in [0.1, 0.15) is 11.4 Å². The molecule has 0 bridgehead atoms. The molecule has 2 rings (SSSR count). The van der Waals surface area contributed by atoms with Crippen molar-refractivity contribution in [1.82, 2.24) is 0 Å². The summed E-state index contributed by atoms with van der Waals surface area (Å²) in [5.74, 6) is -12.1. The molecule has 122 valence electrons. The number of anilines is 1. The molecular weight excluding hydrogens is 345 g/mol. The van der Waals surface area contributed by atoms with Gasteiger partial charge in [-0.15, -0.1) is 0 Å². The standard InChI is InChI=1S/C14H7ClF5NO2/c1-23-7-3-2-5(15)4-6(7)14(22)21-13-11(19)9(17)8(16)10(18)12(13)20/h2-4H,1H3,(H,21,22). The summed E-state index contributed by atoms with van der Waals surface area (Å²) in [6.45, 7) is 0. The highest BCUT2D eigenvalue weighted by Gasteiger charge is 2.27. The van der Waals surface area contributed by atoms with Gasteiger partial charge in [0, 0.05) is 5.02 Å². The largest absolute Gasteiger partial charge is 0.496 e. The summed E-state index contributed by atoms with van der Waals surface area (Å²) in [5.41, 5.74) is -1.71. The van der Waals surface area contributed by atoms with Gasteiger partial charge in [0.25, 0.3) is 5.91 Å². The quantitative estimate of drug-likeness (QED) is 0.509. The Morgan fingerprint density at radius 3 is 2.04 bits per heavy atom. The number of methoxy groups -OCH3 is 1. The molecule has 0 aromatic heterocycles. The third-order valence-electron chi connectivity index (χ3n) is 2.85. The van der Waals surface area contributed by atoms with Crippen molar-refractivity contribution >= 4 is 23.2 Å². The molecule has 9 heteroatoms. The minimum atomic E-state index is -2.32. The molecule has 0 aliphatic carbocycles. The van der Waals surface area contributed by atoms with E-state index in [-0.39, 0.29) is 16.3 Å². The molecule has 0 heterocycles. The van der Waals surface area contributed by atoms with E-state index in [0.29, 0.717) is 0 Å². The summed E-state index contributed by atoms with van der Waals surface area (Å²) < 4.78 is 71.1. The molecule has 23 heavy (non-hydrogen) atoms. The minimum absolute atomic E-state index is 0.00391. The highest BCUT2D eigenvalue weighted by atomic mass is 35.5. The first-order chi connectivity index (χ1) is 10.8. The lowest BCUT2D eigenvalue weighted by Crippen LogP contribution is -2.17. The number of halogens is 6. The van der Waals surface area contributed by atoms with Gasteiger partial charge < -0.3 is 10.1 Å². The lowest BCUT2D eigenvalue weighted by molar-refractivity contribution is 0.102. The zero-order valence-corrected chi connectivity index (χ0v) is 12.1. The van der Waals surface area contributed by atoms with Crippen molar-refractivity contribution in [2.24, 2.45) is 0 Å². The van der Waals surface area contributed by atoms with Crippen molar-refractivity contribution in [1.29, 1.82) is 0 Å². The molecular formula is C14H7ClF5NO2. The molecule has 0 atom stereocenters. The predicted octanol–water partition coefficient (Wildman–Crippen LogP) is 4.30. The number of hydrogen-bond acceptors (Lipinski definition) is 2. The zero-order valence-electron chi connectivity index (χ0n) is 11.3. The third kappa shape index (κ3) is 3.07. The van der Waals surface area contributed by atoms with Gasteiger partial charge in [-0.1, -0.05) is 11.6 Å². The molecule has 3 nitrogen and oxygen atoms in total. The molecule has 2 aromatic carbocycles. The van der Waals surface area contributed by atoms with Crippen LogP contribution in [0.25, 0.3) is 0 Å². The van der Waals surface area contributed by atoms with Crippen LogP contribution < -0.4 is 10.1 Å². The molecule has 0 fully saturated rings. The average Bonchev–Trinajstić information content (AvgIpc) is 2.54. The Labute approximate surface area is 131 Å². The topological polar surface area (TPSA) is 38.3 Å². The van der Waals surface area contributed by atoms with Gasteiger partial charge in [0.05, 0.1) is 12.7 Å². The van der Waals surface area contributed by atoms with Crippen LogP contribution in [0.5, 0.6) is 5.75 Å². The number of ether oxygens (including phenoxy) is 1. The summed E-state index contributed by atoms with van der Waals surface area (Å²) in [6, 6.07) is 3.80. The fourth-order valence-corrected chi connectivity index (χ4v) is 1.93. The van der Waals surface area contributed by atoms with Crippen molar-refractivity contribution in [3.8, 4) is 5.75 Å². The summed E-state index contributed by atoms with van der Waals surface area (Å²) in [6.07, 6.45) is 0. The maximum absolute atomic E-state index is 13.5. The Bertz CT molecular complexity index is 768. The van der Waals surface area contributed by atoms with Crippen LogP contribution in [0.2, 0.25) is 5.02 Å². The van der Waals surface area contributed by atoms with Crippen molar-refractivity contribution in [3.63, 3.8) is 0 Å². The van der Waals surface area contributed by atoms with Crippen LogP contribution in [0.3, 0.4) is 0 Å². The van der Waals surface area contributed by atoms with Gasteiger partial charge in [-0.05, 0) is 18.2 Å². The second-order valence-electron chi connectivity index (χ2n) is 4.24. The summed E-state index contributed by atoms with van der Waals surface area (Å²) >= 11 is 5.70. The second kappa shape index (κ2) is 6.41. The second-order valence-corrected chi connectivity index (χ2v) is 4.68. The number of carbonyl (C=O) groups excluding carboxylic acids is 1. The Hall–Kier alpha value is -2.35. The van der Waals surface area contributed by atoms with E-state index in [0.717, 1.165) is 6.07 Å². The van der Waals surface area contributed by atoms with Crippen molar-refractivity contribution in [3.05, 3.63) is 57.9 Å². The molecule has 1 N–H and O–H groups in total. The molecule has 0 spiro atoms. The molecule has 0 saturated heterocycles. The molecule has 1 amide bonds. The Morgan fingerprint density at radius 1 is 1.00 bits per heavy atom. The number of benzene rings is 2. The lowest BCUT2D eigenvalue weighted by atomic mass is 10.1. The fourth-order valence-electron chi connectivity index (χ4n) is 1.75. The predicted molar refractivity (Wildman–Crippen MR) is 72.2 cm³/mol. The number of carbonyl (C=O) groups is 1. The van der Waals surface area contributed by atoms with Gasteiger partial charge in [-0.3, -0.25) is 4.79 Å². The molecule has 0 unspecified atom stereocenters. The average molecular weight is 352 g/mol. The van der Waals surface area contributed by atoms with Gasteiger partial charge >= 0.3 is 0 Å². The number of amides is 1. The first-order valence-electron chi connectivity index (χ1n) is 5.94. The van der Waals surface area contributed by atoms with E-state index >= 15 is 0 Å². The first kappa shape index (κ1) is 17.0. The van der Waals surface area contributed by atoms with Gasteiger partial charge in [-0.25, -0.2) is 22.0 Å². The normalized spacial score (nSPS) is 10.6. The van der Waals surface area contributed by atoms with Crippen LogP contribution in [-0.4, -0.2) is 13.0 Å². The summed E-state index contributed by atoms with van der Waals surface area (Å²) in [7, 11) is 1.22. The number of nitrogens with one attached hydrogen (secondary N) is 1. The van der Waals surface area contributed by atoms with Gasteiger partial charge in [-0.2, -0.15) is 0 Å². The fraction of sp³-hybridized carbons (Fsp3) is 0.0714. The van der Waals surface area contributed by atoms with Crippen LogP contribution in [0, 0.1) is 29.1 Å². The number of rotatable bonds is 3. The third-order valence-corrected chi connectivity index (χ3v) is 3.09. The van der Waals surface area contributed by atoms with Crippen LogP contribution in [0.4, 0.5) is 27.6 Å². The Kier molecular flexibility index (Phi) is 4.74. The smallest absolute Gasteiger partial charge is 0.259 e. The molecule has 0 aliphatic rings. The van der Waals surface area contributed by atoms with Crippen molar-refractivity contribution < 1.29 is 31.5 Å². The maximum atomic E-state index is 13.5. The highest BCUT2D eigenvalue weighted by molar-refractivity contribution is 6.31. The minimum Gasteiger partial charge on any atom is -0.496 e. The summed E-state index contributed by atoms with van der Waals surface area (Å²) in [4.78, 5) is 12.0. The van der Waals surface area contributed by atoms with Crippen LogP contribution in [0.1, 0.15) is 10.4 Å². The molecule has 0 radical (unpaired) electrons. The van der Waals surface area contributed by atoms with E-state index < -0.39 is 40.7 Å². The van der Waals surface area contributed by atoms with Gasteiger partial charge in [0.15, 0.2) is 23.3 Å². The van der Waals surface area contributed by atoms with Crippen molar-refractivity contribution in [2.45, 2.75) is 0 Å². The summed E-state index contributed by atoms with van der Waals surface area (Å²) in [5, 5.41) is 1.74. The van der Waals surface area contributed by atoms with E-state index in [2.05, 4.69) is 0 Å². The van der Waals surface area contributed by atoms with E-state index in [4.69, 9.17) is 16.3 Å². The SMILES string of the molecule is COc1ccc(Cl)cc1C(=O)Nc1c(F)c(F)c(F)c(F)c1F. The van der Waals surface area contributed by atoms with E-state index in [1.165, 1.54) is 19.2 Å². The maximum Gasteiger partial charge on any atom is 0.259 e. The molecule has 2 aromatic rings. The molecule has 0 aliphatic heterocycles. The van der Waals surface area contributed by atoms with Crippen LogP contribution >= 0.6 is 11.6 Å². The van der Waals surface area contributed by atoms with Crippen LogP contribution in [0.15, 0.2) is 18.2 Å². The van der Waals surface area contributed by atoms with Crippen molar-refractivity contribution in [2.75, 3.05) is 12.4 Å². The number of hydrogen-bond donors (Lipinski definition) is 1. The Balaban J connectivity index is 2.48.